The topological polar surface area (TPSA) is 61.8 Å². The second kappa shape index (κ2) is 9.12. The highest BCUT2D eigenvalue weighted by Crippen LogP contribution is 2.46. The zero-order valence-electron chi connectivity index (χ0n) is 17.4. The molecule has 0 amide bonds. The van der Waals surface area contributed by atoms with Crippen LogP contribution in [0.1, 0.15) is 73.9 Å². The van der Waals surface area contributed by atoms with Gasteiger partial charge in [-0.3, -0.25) is 4.79 Å². The molecule has 0 aliphatic heterocycles. The molecule has 1 saturated carbocycles. The van der Waals surface area contributed by atoms with E-state index in [2.05, 4.69) is 39.0 Å². The first kappa shape index (κ1) is 20.9. The van der Waals surface area contributed by atoms with Crippen LogP contribution in [0.4, 0.5) is 0 Å². The van der Waals surface area contributed by atoms with E-state index in [1.807, 2.05) is 0 Å². The Kier molecular flexibility index (Phi) is 6.57. The summed E-state index contributed by atoms with van der Waals surface area (Å²) in [4.78, 5) is 23.8. The van der Waals surface area contributed by atoms with Gasteiger partial charge >= 0.3 is 11.9 Å². The predicted molar refractivity (Wildman–Crippen MR) is 110 cm³/mol. The normalized spacial score (nSPS) is 14.4. The fourth-order valence-electron chi connectivity index (χ4n) is 3.50. The van der Waals surface area contributed by atoms with Crippen LogP contribution in [0.15, 0.2) is 42.5 Å². The van der Waals surface area contributed by atoms with Gasteiger partial charge in [0.25, 0.3) is 0 Å². The second-order valence-corrected chi connectivity index (χ2v) is 7.83. The van der Waals surface area contributed by atoms with Crippen molar-refractivity contribution in [2.45, 2.75) is 52.4 Å². The molecular formula is C24H28O5. The first-order valence-corrected chi connectivity index (χ1v) is 10.1. The van der Waals surface area contributed by atoms with Crippen LogP contribution in [-0.4, -0.2) is 18.7 Å². The molecule has 5 nitrogen and oxygen atoms in total. The molecule has 1 aliphatic rings. The van der Waals surface area contributed by atoms with Crippen LogP contribution in [0.5, 0.6) is 11.5 Å². The molecule has 2 aromatic carbocycles. The lowest BCUT2D eigenvalue weighted by atomic mass is 9.90. The molecule has 0 saturated heterocycles. The molecule has 1 aliphatic carbocycles. The summed E-state index contributed by atoms with van der Waals surface area (Å²) in [6.45, 7) is 7.55. The lowest BCUT2D eigenvalue weighted by Crippen LogP contribution is -2.15. The number of rotatable bonds is 8. The van der Waals surface area contributed by atoms with Crippen molar-refractivity contribution in [2.75, 3.05) is 6.79 Å². The van der Waals surface area contributed by atoms with Crippen molar-refractivity contribution in [1.82, 2.24) is 0 Å². The molecule has 0 heterocycles. The lowest BCUT2D eigenvalue weighted by Gasteiger charge is -2.21. The number of ether oxygens (including phenoxy) is 3. The Morgan fingerprint density at radius 3 is 2.34 bits per heavy atom. The number of esters is 2. The Morgan fingerprint density at radius 1 is 1.00 bits per heavy atom. The van der Waals surface area contributed by atoms with Crippen LogP contribution in [0.25, 0.3) is 0 Å². The SMILES string of the molecule is CC(=O)Oc1ccccc1C(=O)OCOc1c(C(C)C)cccc1[C@H](C)C1CC1. The van der Waals surface area contributed by atoms with E-state index in [1.54, 1.807) is 24.3 Å². The molecule has 0 unspecified atom stereocenters. The number of carbonyl (C=O) groups excluding carboxylic acids is 2. The van der Waals surface area contributed by atoms with Gasteiger partial charge in [-0.15, -0.1) is 0 Å². The molecule has 3 rings (SSSR count). The average molecular weight is 396 g/mol. The maximum atomic E-state index is 12.5. The van der Waals surface area contributed by atoms with E-state index in [9.17, 15) is 9.59 Å². The smallest absolute Gasteiger partial charge is 0.344 e. The molecule has 0 bridgehead atoms. The van der Waals surface area contributed by atoms with Gasteiger partial charge in [0.1, 0.15) is 17.1 Å². The van der Waals surface area contributed by atoms with Gasteiger partial charge in [0.15, 0.2) is 0 Å². The van der Waals surface area contributed by atoms with Crippen LogP contribution in [-0.2, 0) is 9.53 Å². The minimum Gasteiger partial charge on any atom is -0.457 e. The first-order chi connectivity index (χ1) is 13.9. The number of hydrogen-bond acceptors (Lipinski definition) is 5. The Bertz CT molecular complexity index is 883. The maximum absolute atomic E-state index is 12.5. The Morgan fingerprint density at radius 2 is 1.69 bits per heavy atom. The Hall–Kier alpha value is -2.82. The maximum Gasteiger partial charge on any atom is 0.344 e. The molecule has 29 heavy (non-hydrogen) atoms. The summed E-state index contributed by atoms with van der Waals surface area (Å²) in [5, 5.41) is 0. The third-order valence-corrected chi connectivity index (χ3v) is 5.27. The zero-order valence-corrected chi connectivity index (χ0v) is 17.4. The number of benzene rings is 2. The third-order valence-electron chi connectivity index (χ3n) is 5.27. The number of hydrogen-bond donors (Lipinski definition) is 0. The van der Waals surface area contributed by atoms with E-state index in [1.165, 1.54) is 19.8 Å². The van der Waals surface area contributed by atoms with Gasteiger partial charge in [0, 0.05) is 6.92 Å². The van der Waals surface area contributed by atoms with E-state index in [0.29, 0.717) is 11.8 Å². The molecule has 0 aromatic heterocycles. The first-order valence-electron chi connectivity index (χ1n) is 10.1. The predicted octanol–water partition coefficient (Wildman–Crippen LogP) is 5.44. The van der Waals surface area contributed by atoms with E-state index < -0.39 is 11.9 Å². The van der Waals surface area contributed by atoms with Gasteiger partial charge in [-0.05, 0) is 53.9 Å². The van der Waals surface area contributed by atoms with Gasteiger partial charge in [-0.2, -0.15) is 0 Å². The highest BCUT2D eigenvalue weighted by Gasteiger charge is 2.31. The Balaban J connectivity index is 1.73. The standard InChI is InChI=1S/C24H28O5/c1-15(2)19-9-7-10-20(16(3)18-12-13-18)23(19)27-14-28-24(26)21-8-5-6-11-22(21)29-17(4)25/h5-11,15-16,18H,12-14H2,1-4H3/t16-/m1/s1. The third kappa shape index (κ3) is 5.17. The van der Waals surface area contributed by atoms with Crippen molar-refractivity contribution in [1.29, 1.82) is 0 Å². The van der Waals surface area contributed by atoms with E-state index >= 15 is 0 Å². The molecule has 0 spiro atoms. The highest BCUT2D eigenvalue weighted by atomic mass is 16.7. The molecule has 0 N–H and O–H groups in total. The van der Waals surface area contributed by atoms with E-state index in [4.69, 9.17) is 14.2 Å². The summed E-state index contributed by atoms with van der Waals surface area (Å²) in [6.07, 6.45) is 2.49. The quantitative estimate of drug-likeness (QED) is 0.338. The van der Waals surface area contributed by atoms with Crippen LogP contribution >= 0.6 is 0 Å². The van der Waals surface area contributed by atoms with Gasteiger partial charge in [-0.25, -0.2) is 4.79 Å². The zero-order chi connectivity index (χ0) is 21.0. The van der Waals surface area contributed by atoms with Crippen molar-refractivity contribution < 1.29 is 23.8 Å². The summed E-state index contributed by atoms with van der Waals surface area (Å²) >= 11 is 0. The second-order valence-electron chi connectivity index (χ2n) is 7.83. The van der Waals surface area contributed by atoms with Crippen molar-refractivity contribution in [3.05, 3.63) is 59.2 Å². The number of para-hydroxylation sites is 2. The molecule has 0 radical (unpaired) electrons. The summed E-state index contributed by atoms with van der Waals surface area (Å²) in [5.74, 6) is 1.28. The molecule has 5 heteroatoms. The van der Waals surface area contributed by atoms with E-state index in [-0.39, 0.29) is 24.0 Å². The van der Waals surface area contributed by atoms with Gasteiger partial charge < -0.3 is 14.2 Å². The van der Waals surface area contributed by atoms with Crippen LogP contribution in [0.3, 0.4) is 0 Å². The van der Waals surface area contributed by atoms with Crippen molar-refractivity contribution in [2.24, 2.45) is 5.92 Å². The monoisotopic (exact) mass is 396 g/mol. The van der Waals surface area contributed by atoms with Crippen LogP contribution in [0, 0.1) is 5.92 Å². The molecule has 154 valence electrons. The van der Waals surface area contributed by atoms with Crippen molar-refractivity contribution in [3.8, 4) is 11.5 Å². The van der Waals surface area contributed by atoms with Crippen LogP contribution < -0.4 is 9.47 Å². The van der Waals surface area contributed by atoms with Crippen LogP contribution in [0.2, 0.25) is 0 Å². The molecule has 2 aromatic rings. The summed E-state index contributed by atoms with van der Waals surface area (Å²) < 4.78 is 16.4. The minimum atomic E-state index is -0.597. The van der Waals surface area contributed by atoms with Gasteiger partial charge in [-0.1, -0.05) is 51.1 Å². The highest BCUT2D eigenvalue weighted by molar-refractivity contribution is 5.93. The van der Waals surface area contributed by atoms with Gasteiger partial charge in [0.2, 0.25) is 6.79 Å². The molecule has 1 atom stereocenters. The lowest BCUT2D eigenvalue weighted by molar-refractivity contribution is -0.131. The fraction of sp³-hybridized carbons (Fsp3) is 0.417. The number of carbonyl (C=O) groups is 2. The molecular weight excluding hydrogens is 368 g/mol. The fourth-order valence-corrected chi connectivity index (χ4v) is 3.50. The Labute approximate surface area is 172 Å². The van der Waals surface area contributed by atoms with Crippen molar-refractivity contribution in [3.63, 3.8) is 0 Å². The largest absolute Gasteiger partial charge is 0.457 e. The average Bonchev–Trinajstić information content (AvgIpc) is 3.52. The minimum absolute atomic E-state index is 0.177. The summed E-state index contributed by atoms with van der Waals surface area (Å²) in [7, 11) is 0. The summed E-state index contributed by atoms with van der Waals surface area (Å²) in [5.41, 5.74) is 2.46. The van der Waals surface area contributed by atoms with Gasteiger partial charge in [0.05, 0.1) is 0 Å². The summed E-state index contributed by atoms with van der Waals surface area (Å²) in [6, 6.07) is 12.7. The molecule has 1 fully saturated rings. The van der Waals surface area contributed by atoms with Crippen molar-refractivity contribution >= 4 is 11.9 Å². The van der Waals surface area contributed by atoms with E-state index in [0.717, 1.165) is 16.9 Å².